The summed E-state index contributed by atoms with van der Waals surface area (Å²) in [6.07, 6.45) is 5.17. The second kappa shape index (κ2) is 6.38. The van der Waals surface area contributed by atoms with Crippen LogP contribution in [0.15, 0.2) is 23.5 Å². The van der Waals surface area contributed by atoms with Crippen molar-refractivity contribution in [3.05, 3.63) is 23.5 Å². The maximum atomic E-state index is 11.8. The monoisotopic (exact) mass is 267 g/mol. The number of hydrogen-bond acceptors (Lipinski definition) is 6. The molecule has 6 heteroatoms. The van der Waals surface area contributed by atoms with Crippen LogP contribution < -0.4 is 5.32 Å². The number of methoxy groups -OCH3 is 1. The third-order valence-electron chi connectivity index (χ3n) is 3.03. The Morgan fingerprint density at radius 2 is 2.11 bits per heavy atom. The third kappa shape index (κ3) is 3.57. The lowest BCUT2D eigenvalue weighted by Gasteiger charge is -2.15. The second-order valence-corrected chi connectivity index (χ2v) is 4.41. The van der Waals surface area contributed by atoms with E-state index in [1.165, 1.54) is 19.5 Å². The van der Waals surface area contributed by atoms with Gasteiger partial charge in [-0.05, 0) is 12.8 Å². The summed E-state index contributed by atoms with van der Waals surface area (Å²) in [4.78, 5) is 23.2. The number of hydrogen-bond donors (Lipinski definition) is 1. The molecule has 0 radical (unpaired) electrons. The van der Waals surface area contributed by atoms with Gasteiger partial charge in [0.15, 0.2) is 0 Å². The largest absolute Gasteiger partial charge is 0.466 e. The van der Waals surface area contributed by atoms with Gasteiger partial charge in [0.25, 0.3) is 0 Å². The Kier molecular flexibility index (Phi) is 4.57. The van der Waals surface area contributed by atoms with Crippen molar-refractivity contribution in [1.29, 1.82) is 0 Å². The van der Waals surface area contributed by atoms with Crippen LogP contribution in [0, 0.1) is 0 Å². The molecule has 0 spiro atoms. The Morgan fingerprint density at radius 1 is 1.37 bits per heavy atom. The zero-order valence-corrected chi connectivity index (χ0v) is 10.8. The van der Waals surface area contributed by atoms with Crippen molar-refractivity contribution < 1.29 is 23.8 Å². The van der Waals surface area contributed by atoms with E-state index in [2.05, 4.69) is 10.1 Å². The molecule has 6 nitrogen and oxygen atoms in total. The molecule has 0 amide bonds. The van der Waals surface area contributed by atoms with Crippen LogP contribution in [0.25, 0.3) is 0 Å². The van der Waals surface area contributed by atoms with Gasteiger partial charge in [-0.15, -0.1) is 0 Å². The average Bonchev–Trinajstić information content (AvgIpc) is 2.97. The van der Waals surface area contributed by atoms with Gasteiger partial charge in [0, 0.05) is 25.4 Å². The highest BCUT2D eigenvalue weighted by atomic mass is 16.6. The summed E-state index contributed by atoms with van der Waals surface area (Å²) in [6, 6.07) is 0. The lowest BCUT2D eigenvalue weighted by molar-refractivity contribution is -0.142. The molecular weight excluding hydrogens is 250 g/mol. The molecule has 2 aliphatic rings. The summed E-state index contributed by atoms with van der Waals surface area (Å²) in [6.45, 7) is 0.981. The van der Waals surface area contributed by atoms with Crippen molar-refractivity contribution in [2.24, 2.45) is 0 Å². The van der Waals surface area contributed by atoms with Gasteiger partial charge < -0.3 is 19.5 Å². The minimum atomic E-state index is -0.454. The number of ether oxygens (including phenoxy) is 3. The number of carbonyl (C=O) groups excluding carboxylic acids is 2. The van der Waals surface area contributed by atoms with Crippen molar-refractivity contribution in [2.75, 3.05) is 20.3 Å². The Hall–Kier alpha value is -1.82. The summed E-state index contributed by atoms with van der Waals surface area (Å²) in [5, 5.41) is 2.75. The SMILES string of the molecule is COC(=O)C1=CNC=C(C(=O)OCC2CCCO2)C1. The van der Waals surface area contributed by atoms with Gasteiger partial charge in [0.05, 0.1) is 24.4 Å². The topological polar surface area (TPSA) is 73.9 Å². The van der Waals surface area contributed by atoms with Gasteiger partial charge in [-0.3, -0.25) is 0 Å². The molecule has 1 N–H and O–H groups in total. The molecule has 1 fully saturated rings. The highest BCUT2D eigenvalue weighted by Gasteiger charge is 2.23. The summed E-state index contributed by atoms with van der Waals surface area (Å²) < 4.78 is 15.2. The normalized spacial score (nSPS) is 22.1. The van der Waals surface area contributed by atoms with E-state index < -0.39 is 11.9 Å². The molecule has 1 atom stereocenters. The highest BCUT2D eigenvalue weighted by molar-refractivity contribution is 5.95. The van der Waals surface area contributed by atoms with Crippen molar-refractivity contribution in [2.45, 2.75) is 25.4 Å². The van der Waals surface area contributed by atoms with Crippen LogP contribution in [0.3, 0.4) is 0 Å². The third-order valence-corrected chi connectivity index (χ3v) is 3.03. The zero-order valence-electron chi connectivity index (χ0n) is 10.8. The zero-order chi connectivity index (χ0) is 13.7. The standard InChI is InChI=1S/C13H17NO5/c1-17-12(15)9-5-10(7-14-6-9)13(16)19-8-11-3-2-4-18-11/h6-7,11,14H,2-5,8H2,1H3. The van der Waals surface area contributed by atoms with Gasteiger partial charge in [-0.1, -0.05) is 0 Å². The molecule has 0 saturated carbocycles. The van der Waals surface area contributed by atoms with Gasteiger partial charge in [0.1, 0.15) is 6.61 Å². The van der Waals surface area contributed by atoms with Gasteiger partial charge in [-0.25, -0.2) is 9.59 Å². The van der Waals surface area contributed by atoms with Crippen LogP contribution in [-0.2, 0) is 23.8 Å². The van der Waals surface area contributed by atoms with Crippen LogP contribution in [-0.4, -0.2) is 38.4 Å². The fourth-order valence-corrected chi connectivity index (χ4v) is 1.98. The molecule has 2 rings (SSSR count). The van der Waals surface area contributed by atoms with Gasteiger partial charge in [0.2, 0.25) is 0 Å². The van der Waals surface area contributed by atoms with Crippen molar-refractivity contribution in [3.63, 3.8) is 0 Å². The Labute approximate surface area is 111 Å². The number of esters is 2. The number of carbonyl (C=O) groups is 2. The van der Waals surface area contributed by atoms with Crippen LogP contribution >= 0.6 is 0 Å². The Balaban J connectivity index is 1.82. The summed E-state index contributed by atoms with van der Waals surface area (Å²) >= 11 is 0. The van der Waals surface area contributed by atoms with Crippen LogP contribution in [0.2, 0.25) is 0 Å². The Bertz CT molecular complexity index is 421. The fourth-order valence-electron chi connectivity index (χ4n) is 1.98. The van der Waals surface area contributed by atoms with E-state index in [4.69, 9.17) is 9.47 Å². The molecule has 0 aromatic carbocycles. The maximum Gasteiger partial charge on any atom is 0.335 e. The average molecular weight is 267 g/mol. The Morgan fingerprint density at radius 3 is 2.74 bits per heavy atom. The van der Waals surface area contributed by atoms with E-state index in [0.717, 1.165) is 19.4 Å². The molecule has 0 aromatic rings. The first kappa shape index (κ1) is 13.6. The molecule has 1 unspecified atom stereocenters. The second-order valence-electron chi connectivity index (χ2n) is 4.41. The molecule has 19 heavy (non-hydrogen) atoms. The molecular formula is C13H17NO5. The molecule has 0 aromatic heterocycles. The highest BCUT2D eigenvalue weighted by Crippen LogP contribution is 2.18. The molecule has 2 aliphatic heterocycles. The predicted molar refractivity (Wildman–Crippen MR) is 65.9 cm³/mol. The minimum Gasteiger partial charge on any atom is -0.466 e. The number of dihydropyridines is 1. The maximum absolute atomic E-state index is 11.8. The fraction of sp³-hybridized carbons (Fsp3) is 0.538. The van der Waals surface area contributed by atoms with E-state index in [9.17, 15) is 9.59 Å². The van der Waals surface area contributed by atoms with Crippen LogP contribution in [0.4, 0.5) is 0 Å². The lowest BCUT2D eigenvalue weighted by atomic mass is 10.1. The van der Waals surface area contributed by atoms with E-state index in [1.54, 1.807) is 0 Å². The van der Waals surface area contributed by atoms with Crippen LogP contribution in [0.5, 0.6) is 0 Å². The van der Waals surface area contributed by atoms with E-state index in [1.807, 2.05) is 0 Å². The van der Waals surface area contributed by atoms with Gasteiger partial charge in [-0.2, -0.15) is 0 Å². The first-order valence-electron chi connectivity index (χ1n) is 6.22. The smallest absolute Gasteiger partial charge is 0.335 e. The quantitative estimate of drug-likeness (QED) is 0.754. The van der Waals surface area contributed by atoms with Crippen LogP contribution in [0.1, 0.15) is 19.3 Å². The molecule has 2 heterocycles. The number of rotatable bonds is 4. The van der Waals surface area contributed by atoms with Crippen molar-refractivity contribution in [3.8, 4) is 0 Å². The predicted octanol–water partition coefficient (Wildman–Crippen LogP) is 0.643. The van der Waals surface area contributed by atoms with Crippen molar-refractivity contribution in [1.82, 2.24) is 5.32 Å². The lowest BCUT2D eigenvalue weighted by Crippen LogP contribution is -2.22. The molecule has 1 saturated heterocycles. The summed E-state index contributed by atoms with van der Waals surface area (Å²) in [5.74, 6) is -0.887. The van der Waals surface area contributed by atoms with E-state index in [-0.39, 0.29) is 19.1 Å². The molecule has 104 valence electrons. The van der Waals surface area contributed by atoms with E-state index in [0.29, 0.717) is 11.1 Å². The summed E-state index contributed by atoms with van der Waals surface area (Å²) in [7, 11) is 1.30. The molecule has 0 bridgehead atoms. The van der Waals surface area contributed by atoms with E-state index >= 15 is 0 Å². The summed E-state index contributed by atoms with van der Waals surface area (Å²) in [5.41, 5.74) is 0.801. The molecule has 0 aliphatic carbocycles. The first-order valence-corrected chi connectivity index (χ1v) is 6.22. The van der Waals surface area contributed by atoms with Crippen molar-refractivity contribution >= 4 is 11.9 Å². The number of nitrogens with one attached hydrogen (secondary N) is 1. The van der Waals surface area contributed by atoms with Gasteiger partial charge >= 0.3 is 11.9 Å². The minimum absolute atomic E-state index is 0.00304. The first-order chi connectivity index (χ1) is 9.20.